The van der Waals surface area contributed by atoms with Gasteiger partial charge < -0.3 is 10.0 Å². The number of anilines is 1. The van der Waals surface area contributed by atoms with Gasteiger partial charge in [0.15, 0.2) is 11.6 Å². The molecule has 2 aliphatic carbocycles. The van der Waals surface area contributed by atoms with Crippen LogP contribution in [0.3, 0.4) is 0 Å². The topological polar surface area (TPSA) is 36.4 Å². The predicted molar refractivity (Wildman–Crippen MR) is 58.7 cm³/mol. The molecular formula is C12H15FN2O. The average Bonchev–Trinajstić information content (AvgIpc) is 3.08. The molecule has 0 aromatic carbocycles. The molecule has 2 unspecified atom stereocenters. The summed E-state index contributed by atoms with van der Waals surface area (Å²) in [4.78, 5) is 6.11. The van der Waals surface area contributed by atoms with Crippen LogP contribution in [0, 0.1) is 5.82 Å². The van der Waals surface area contributed by atoms with Crippen LogP contribution in [0.1, 0.15) is 25.7 Å². The molecule has 4 heteroatoms. The van der Waals surface area contributed by atoms with E-state index in [0.29, 0.717) is 11.9 Å². The fraction of sp³-hybridized carbons (Fsp3) is 0.583. The molecule has 2 aliphatic rings. The fourth-order valence-electron chi connectivity index (χ4n) is 2.31. The van der Waals surface area contributed by atoms with Crippen LogP contribution >= 0.6 is 0 Å². The van der Waals surface area contributed by atoms with Crippen LogP contribution in [0.2, 0.25) is 0 Å². The van der Waals surface area contributed by atoms with Crippen molar-refractivity contribution in [1.29, 1.82) is 0 Å². The first-order valence-corrected chi connectivity index (χ1v) is 5.84. The molecule has 2 saturated carbocycles. The van der Waals surface area contributed by atoms with Gasteiger partial charge in [-0.1, -0.05) is 0 Å². The predicted octanol–water partition coefficient (Wildman–Crippen LogP) is 1.71. The van der Waals surface area contributed by atoms with Crippen molar-refractivity contribution in [2.45, 2.75) is 43.9 Å². The Morgan fingerprint density at radius 1 is 1.31 bits per heavy atom. The highest BCUT2D eigenvalue weighted by molar-refractivity contribution is 5.45. The van der Waals surface area contributed by atoms with Gasteiger partial charge in [-0.3, -0.25) is 0 Å². The third-order valence-corrected chi connectivity index (χ3v) is 3.48. The Kier molecular flexibility index (Phi) is 2.32. The number of hydrogen-bond acceptors (Lipinski definition) is 3. The number of aliphatic hydroxyl groups excluding tert-OH is 1. The number of halogens is 1. The molecule has 0 bridgehead atoms. The van der Waals surface area contributed by atoms with E-state index in [-0.39, 0.29) is 18.0 Å². The second-order valence-electron chi connectivity index (χ2n) is 4.66. The molecule has 0 aliphatic heterocycles. The van der Waals surface area contributed by atoms with E-state index in [0.717, 1.165) is 25.7 Å². The minimum absolute atomic E-state index is 0.0666. The van der Waals surface area contributed by atoms with Crippen molar-refractivity contribution in [3.63, 3.8) is 0 Å². The molecule has 1 N–H and O–H groups in total. The maximum absolute atomic E-state index is 13.7. The van der Waals surface area contributed by atoms with E-state index in [9.17, 15) is 9.50 Å². The van der Waals surface area contributed by atoms with Crippen LogP contribution in [-0.4, -0.2) is 28.3 Å². The molecule has 0 spiro atoms. The first kappa shape index (κ1) is 10.0. The summed E-state index contributed by atoms with van der Waals surface area (Å²) in [6.45, 7) is 0. The number of aromatic nitrogens is 1. The van der Waals surface area contributed by atoms with Gasteiger partial charge in [0.05, 0.1) is 12.1 Å². The van der Waals surface area contributed by atoms with Crippen molar-refractivity contribution in [3.8, 4) is 0 Å². The third kappa shape index (κ3) is 1.57. The summed E-state index contributed by atoms with van der Waals surface area (Å²) in [5, 5.41) is 9.72. The summed E-state index contributed by atoms with van der Waals surface area (Å²) in [6, 6.07) is 3.48. The average molecular weight is 222 g/mol. The minimum Gasteiger partial charge on any atom is -0.391 e. The fourth-order valence-corrected chi connectivity index (χ4v) is 2.31. The van der Waals surface area contributed by atoms with Crippen LogP contribution in [0.25, 0.3) is 0 Å². The zero-order valence-corrected chi connectivity index (χ0v) is 9.01. The monoisotopic (exact) mass is 222 g/mol. The van der Waals surface area contributed by atoms with E-state index in [1.54, 1.807) is 12.3 Å². The number of pyridine rings is 1. The second kappa shape index (κ2) is 3.70. The van der Waals surface area contributed by atoms with Gasteiger partial charge in [-0.05, 0) is 37.8 Å². The van der Waals surface area contributed by atoms with E-state index < -0.39 is 0 Å². The van der Waals surface area contributed by atoms with Gasteiger partial charge in [-0.25, -0.2) is 9.37 Å². The molecule has 1 aromatic heterocycles. The second-order valence-corrected chi connectivity index (χ2v) is 4.66. The third-order valence-electron chi connectivity index (χ3n) is 3.48. The SMILES string of the molecule is OC1CCC1N(c1ncccc1F)C1CC1. The molecule has 0 saturated heterocycles. The molecule has 1 aromatic rings. The molecule has 16 heavy (non-hydrogen) atoms. The lowest BCUT2D eigenvalue weighted by atomic mass is 9.87. The standard InChI is InChI=1S/C12H15FN2O/c13-9-2-1-7-14-12(9)15(8-3-4-8)10-5-6-11(10)16/h1-2,7-8,10-11,16H,3-6H2. The summed E-state index contributed by atoms with van der Waals surface area (Å²) in [7, 11) is 0. The van der Waals surface area contributed by atoms with Gasteiger partial charge in [0, 0.05) is 12.2 Å². The highest BCUT2D eigenvalue weighted by Crippen LogP contribution is 2.39. The number of rotatable bonds is 3. The van der Waals surface area contributed by atoms with Crippen molar-refractivity contribution in [2.75, 3.05) is 4.90 Å². The zero-order valence-electron chi connectivity index (χ0n) is 9.01. The van der Waals surface area contributed by atoms with Crippen molar-refractivity contribution >= 4 is 5.82 Å². The van der Waals surface area contributed by atoms with Gasteiger partial charge in [0.1, 0.15) is 0 Å². The van der Waals surface area contributed by atoms with Gasteiger partial charge in [-0.15, -0.1) is 0 Å². The summed E-state index contributed by atoms with van der Waals surface area (Å²) in [6.07, 6.45) is 5.22. The Morgan fingerprint density at radius 3 is 2.62 bits per heavy atom. The summed E-state index contributed by atoms with van der Waals surface area (Å²) >= 11 is 0. The molecule has 2 atom stereocenters. The molecule has 2 fully saturated rings. The normalized spacial score (nSPS) is 28.6. The maximum atomic E-state index is 13.7. The lowest BCUT2D eigenvalue weighted by molar-refractivity contribution is 0.0630. The molecule has 3 rings (SSSR count). The van der Waals surface area contributed by atoms with Crippen LogP contribution in [0.4, 0.5) is 10.2 Å². The Morgan fingerprint density at radius 2 is 2.12 bits per heavy atom. The lowest BCUT2D eigenvalue weighted by Gasteiger charge is -2.42. The Balaban J connectivity index is 1.91. The molecule has 3 nitrogen and oxygen atoms in total. The van der Waals surface area contributed by atoms with Crippen LogP contribution < -0.4 is 4.90 Å². The van der Waals surface area contributed by atoms with Gasteiger partial charge in [-0.2, -0.15) is 0 Å². The molecule has 1 heterocycles. The first-order chi connectivity index (χ1) is 7.77. The first-order valence-electron chi connectivity index (χ1n) is 5.84. The number of aliphatic hydroxyl groups is 1. The van der Waals surface area contributed by atoms with Gasteiger partial charge in [0.25, 0.3) is 0 Å². The minimum atomic E-state index is -0.318. The van der Waals surface area contributed by atoms with Gasteiger partial charge >= 0.3 is 0 Å². The van der Waals surface area contributed by atoms with E-state index in [2.05, 4.69) is 4.98 Å². The van der Waals surface area contributed by atoms with E-state index in [1.807, 2.05) is 4.90 Å². The van der Waals surface area contributed by atoms with Crippen molar-refractivity contribution in [3.05, 3.63) is 24.1 Å². The number of hydrogen-bond donors (Lipinski definition) is 1. The highest BCUT2D eigenvalue weighted by Gasteiger charge is 2.42. The largest absolute Gasteiger partial charge is 0.391 e. The summed E-state index contributed by atoms with van der Waals surface area (Å²) in [5.41, 5.74) is 0. The van der Waals surface area contributed by atoms with E-state index in [4.69, 9.17) is 0 Å². The summed E-state index contributed by atoms with van der Waals surface area (Å²) in [5.74, 6) is 0.127. The van der Waals surface area contributed by atoms with Crippen molar-refractivity contribution in [2.24, 2.45) is 0 Å². The van der Waals surface area contributed by atoms with Crippen LogP contribution in [0.15, 0.2) is 18.3 Å². The smallest absolute Gasteiger partial charge is 0.165 e. The van der Waals surface area contributed by atoms with Crippen LogP contribution in [0.5, 0.6) is 0 Å². The molecule has 86 valence electrons. The zero-order chi connectivity index (χ0) is 11.1. The van der Waals surface area contributed by atoms with Gasteiger partial charge in [0.2, 0.25) is 0 Å². The quantitative estimate of drug-likeness (QED) is 0.845. The Hall–Kier alpha value is -1.16. The summed E-state index contributed by atoms with van der Waals surface area (Å²) < 4.78 is 13.7. The molecular weight excluding hydrogens is 207 g/mol. The van der Waals surface area contributed by atoms with Crippen LogP contribution in [-0.2, 0) is 0 Å². The molecule has 0 radical (unpaired) electrons. The van der Waals surface area contributed by atoms with E-state index >= 15 is 0 Å². The lowest BCUT2D eigenvalue weighted by Crippen LogP contribution is -2.52. The highest BCUT2D eigenvalue weighted by atomic mass is 19.1. The Bertz CT molecular complexity index is 394. The Labute approximate surface area is 93.9 Å². The van der Waals surface area contributed by atoms with Crippen molar-refractivity contribution in [1.82, 2.24) is 4.98 Å². The maximum Gasteiger partial charge on any atom is 0.165 e. The number of nitrogens with zero attached hydrogens (tertiary/aromatic N) is 2. The van der Waals surface area contributed by atoms with Crippen molar-refractivity contribution < 1.29 is 9.50 Å². The van der Waals surface area contributed by atoms with E-state index in [1.165, 1.54) is 6.07 Å². The molecule has 0 amide bonds.